The number of sulfonamides is 1. The zero-order valence-corrected chi connectivity index (χ0v) is 17.0. The molecular weight excluding hydrogens is 382 g/mol. The number of Topliss-reactive ketones (excluding diaryl/α,β-unsaturated/α-hetero) is 1. The summed E-state index contributed by atoms with van der Waals surface area (Å²) in [6, 6.07) is 11.0. The first kappa shape index (κ1) is 21.6. The van der Waals surface area contributed by atoms with E-state index in [1.54, 1.807) is 12.1 Å². The van der Waals surface area contributed by atoms with Gasteiger partial charge in [-0.1, -0.05) is 38.1 Å². The van der Waals surface area contributed by atoms with E-state index in [0.29, 0.717) is 11.5 Å². The topological polar surface area (TPSA) is 98.8 Å². The minimum Gasteiger partial charge on any atom is -0.495 e. The monoisotopic (exact) mass is 405 g/mol. The molecular formula is C20H23NO6S. The first-order valence-electron chi connectivity index (χ1n) is 8.61. The molecule has 0 amide bonds. The standard InChI is InChI=1S/C20H23NO6S/c1-13(2)14-5-7-15(8-6-14)17(22)12-27-20(23)16-9-10-18(26-4)19(11-16)28(24,25)21-3/h5-11,13,21H,12H2,1-4H3. The normalized spacial score (nSPS) is 11.3. The largest absolute Gasteiger partial charge is 0.495 e. The summed E-state index contributed by atoms with van der Waals surface area (Å²) in [6.45, 7) is 3.66. The van der Waals surface area contributed by atoms with Crippen molar-refractivity contribution in [1.29, 1.82) is 0 Å². The second kappa shape index (κ2) is 8.99. The highest BCUT2D eigenvalue weighted by molar-refractivity contribution is 7.89. The van der Waals surface area contributed by atoms with Gasteiger partial charge in [-0.05, 0) is 36.7 Å². The fraction of sp³-hybridized carbons (Fsp3) is 0.300. The van der Waals surface area contributed by atoms with E-state index in [1.807, 2.05) is 12.1 Å². The number of rotatable bonds is 8. The van der Waals surface area contributed by atoms with E-state index in [2.05, 4.69) is 18.6 Å². The molecule has 0 saturated carbocycles. The highest BCUT2D eigenvalue weighted by atomic mass is 32.2. The summed E-state index contributed by atoms with van der Waals surface area (Å²) < 4.78 is 36.4. The van der Waals surface area contributed by atoms with Gasteiger partial charge in [-0.25, -0.2) is 17.9 Å². The molecule has 0 fully saturated rings. The number of carbonyl (C=O) groups is 2. The first-order valence-corrected chi connectivity index (χ1v) is 10.1. The third-order valence-electron chi connectivity index (χ3n) is 4.19. The first-order chi connectivity index (χ1) is 13.2. The molecule has 0 aromatic heterocycles. The van der Waals surface area contributed by atoms with E-state index >= 15 is 0 Å². The number of esters is 1. The predicted molar refractivity (Wildman–Crippen MR) is 104 cm³/mol. The molecule has 0 unspecified atom stereocenters. The lowest BCUT2D eigenvalue weighted by Crippen LogP contribution is -2.20. The molecule has 0 atom stereocenters. The molecule has 0 heterocycles. The van der Waals surface area contributed by atoms with Crippen molar-refractivity contribution in [2.45, 2.75) is 24.7 Å². The average Bonchev–Trinajstić information content (AvgIpc) is 2.71. The van der Waals surface area contributed by atoms with Crippen LogP contribution in [-0.4, -0.2) is 40.9 Å². The van der Waals surface area contributed by atoms with Crippen LogP contribution >= 0.6 is 0 Å². The lowest BCUT2D eigenvalue weighted by molar-refractivity contribution is 0.0474. The molecule has 0 saturated heterocycles. The minimum atomic E-state index is -3.83. The Kier molecular flexibility index (Phi) is 6.93. The van der Waals surface area contributed by atoms with Crippen LogP contribution in [0.1, 0.15) is 46.0 Å². The molecule has 0 radical (unpaired) electrons. The second-order valence-electron chi connectivity index (χ2n) is 6.35. The Balaban J connectivity index is 2.12. The maximum Gasteiger partial charge on any atom is 0.338 e. The number of ketones is 1. The number of ether oxygens (including phenoxy) is 2. The number of hydrogen-bond donors (Lipinski definition) is 1. The van der Waals surface area contributed by atoms with Gasteiger partial charge in [0.1, 0.15) is 10.6 Å². The molecule has 1 N–H and O–H groups in total. The van der Waals surface area contributed by atoms with Crippen LogP contribution < -0.4 is 9.46 Å². The van der Waals surface area contributed by atoms with Crippen molar-refractivity contribution in [3.8, 4) is 5.75 Å². The minimum absolute atomic E-state index is 0.00224. The fourth-order valence-electron chi connectivity index (χ4n) is 2.48. The summed E-state index contributed by atoms with van der Waals surface area (Å²) in [4.78, 5) is 24.3. The summed E-state index contributed by atoms with van der Waals surface area (Å²) >= 11 is 0. The Labute approximate surface area is 164 Å². The number of carbonyl (C=O) groups excluding carboxylic acids is 2. The van der Waals surface area contributed by atoms with Gasteiger partial charge in [0.25, 0.3) is 0 Å². The zero-order chi connectivity index (χ0) is 20.9. The Morgan fingerprint density at radius 3 is 2.18 bits per heavy atom. The number of hydrogen-bond acceptors (Lipinski definition) is 6. The number of benzene rings is 2. The van der Waals surface area contributed by atoms with Gasteiger partial charge in [-0.15, -0.1) is 0 Å². The van der Waals surface area contributed by atoms with Crippen molar-refractivity contribution in [1.82, 2.24) is 4.72 Å². The van der Waals surface area contributed by atoms with Gasteiger partial charge < -0.3 is 9.47 Å². The highest BCUT2D eigenvalue weighted by Gasteiger charge is 2.21. The molecule has 0 spiro atoms. The third-order valence-corrected chi connectivity index (χ3v) is 5.63. The molecule has 7 nitrogen and oxygen atoms in total. The van der Waals surface area contributed by atoms with Crippen molar-refractivity contribution in [2.75, 3.05) is 20.8 Å². The van der Waals surface area contributed by atoms with E-state index in [9.17, 15) is 18.0 Å². The van der Waals surface area contributed by atoms with E-state index in [4.69, 9.17) is 9.47 Å². The second-order valence-corrected chi connectivity index (χ2v) is 8.20. The van der Waals surface area contributed by atoms with Gasteiger partial charge in [0.05, 0.1) is 12.7 Å². The van der Waals surface area contributed by atoms with Crippen molar-refractivity contribution in [3.05, 3.63) is 59.2 Å². The summed E-state index contributed by atoms with van der Waals surface area (Å²) in [5, 5.41) is 0. The Hall–Kier alpha value is -2.71. The van der Waals surface area contributed by atoms with Crippen LogP contribution in [0.15, 0.2) is 47.4 Å². The van der Waals surface area contributed by atoms with E-state index < -0.39 is 22.6 Å². The molecule has 0 aliphatic heterocycles. The van der Waals surface area contributed by atoms with Crippen molar-refractivity contribution < 1.29 is 27.5 Å². The van der Waals surface area contributed by atoms with Crippen LogP contribution in [0, 0.1) is 0 Å². The molecule has 2 rings (SSSR count). The Morgan fingerprint density at radius 1 is 1.04 bits per heavy atom. The summed E-state index contributed by atoms with van der Waals surface area (Å²) in [7, 11) is -1.25. The van der Waals surface area contributed by atoms with Gasteiger partial charge in [0, 0.05) is 5.56 Å². The van der Waals surface area contributed by atoms with Crippen LogP contribution in [0.3, 0.4) is 0 Å². The summed E-state index contributed by atoms with van der Waals surface area (Å²) in [5.41, 5.74) is 1.54. The van der Waals surface area contributed by atoms with Crippen LogP contribution in [0.5, 0.6) is 5.75 Å². The summed E-state index contributed by atoms with van der Waals surface area (Å²) in [5.74, 6) is -0.713. The van der Waals surface area contributed by atoms with Crippen molar-refractivity contribution >= 4 is 21.8 Å². The van der Waals surface area contributed by atoms with Crippen LogP contribution in [0.2, 0.25) is 0 Å². The Morgan fingerprint density at radius 2 is 1.64 bits per heavy atom. The molecule has 2 aromatic carbocycles. The molecule has 0 aliphatic rings. The SMILES string of the molecule is CNS(=O)(=O)c1cc(C(=O)OCC(=O)c2ccc(C(C)C)cc2)ccc1OC. The predicted octanol–water partition coefficient (Wildman–Crippen LogP) is 2.77. The Bertz CT molecular complexity index is 965. The maximum absolute atomic E-state index is 12.3. The maximum atomic E-state index is 12.3. The molecule has 8 heteroatoms. The van der Waals surface area contributed by atoms with E-state index in [0.717, 1.165) is 11.6 Å². The van der Waals surface area contributed by atoms with Gasteiger partial charge >= 0.3 is 5.97 Å². The van der Waals surface area contributed by atoms with Gasteiger partial charge in [-0.3, -0.25) is 4.79 Å². The smallest absolute Gasteiger partial charge is 0.338 e. The lowest BCUT2D eigenvalue weighted by Gasteiger charge is -2.11. The zero-order valence-electron chi connectivity index (χ0n) is 16.2. The van der Waals surface area contributed by atoms with Crippen molar-refractivity contribution in [2.24, 2.45) is 0 Å². The highest BCUT2D eigenvalue weighted by Crippen LogP contribution is 2.25. The van der Waals surface area contributed by atoms with Gasteiger partial charge in [-0.2, -0.15) is 0 Å². The van der Waals surface area contributed by atoms with Gasteiger partial charge in [0.2, 0.25) is 10.0 Å². The van der Waals surface area contributed by atoms with Crippen molar-refractivity contribution in [3.63, 3.8) is 0 Å². The van der Waals surface area contributed by atoms with Gasteiger partial charge in [0.15, 0.2) is 12.4 Å². The average molecular weight is 405 g/mol. The molecule has 0 aliphatic carbocycles. The van der Waals surface area contributed by atoms with E-state index in [-0.39, 0.29) is 22.0 Å². The third kappa shape index (κ3) is 4.96. The molecule has 28 heavy (non-hydrogen) atoms. The fourth-order valence-corrected chi connectivity index (χ4v) is 3.39. The molecule has 150 valence electrons. The lowest BCUT2D eigenvalue weighted by atomic mass is 10.0. The van der Waals surface area contributed by atoms with Crippen LogP contribution in [-0.2, 0) is 14.8 Å². The number of methoxy groups -OCH3 is 1. The van der Waals surface area contributed by atoms with Crippen LogP contribution in [0.4, 0.5) is 0 Å². The van der Waals surface area contributed by atoms with Crippen LogP contribution in [0.25, 0.3) is 0 Å². The molecule has 2 aromatic rings. The quantitative estimate of drug-likeness (QED) is 0.536. The van der Waals surface area contributed by atoms with E-state index in [1.165, 1.54) is 26.3 Å². The molecule has 0 bridgehead atoms. The summed E-state index contributed by atoms with van der Waals surface area (Å²) in [6.07, 6.45) is 0. The number of nitrogens with one attached hydrogen (secondary N) is 1.